The first-order valence-corrected chi connectivity index (χ1v) is 12.9. The van der Waals surface area contributed by atoms with Crippen molar-refractivity contribution < 1.29 is 23.7 Å². The van der Waals surface area contributed by atoms with Crippen LogP contribution in [0.1, 0.15) is 11.3 Å². The number of nitrogens with one attached hydrogen (secondary N) is 3. The molecule has 0 spiro atoms. The van der Waals surface area contributed by atoms with Crippen molar-refractivity contribution in [3.63, 3.8) is 0 Å². The van der Waals surface area contributed by atoms with Crippen molar-refractivity contribution in [1.29, 1.82) is 0 Å². The average molecular weight is 555 g/mol. The third-order valence-electron chi connectivity index (χ3n) is 6.41. The lowest BCUT2D eigenvalue weighted by Crippen LogP contribution is -2.30. The number of carbonyl (C=O) groups is 1. The molecule has 0 bridgehead atoms. The zero-order chi connectivity index (χ0) is 28.8. The molecule has 5 rings (SSSR count). The number of aromatic amines is 1. The van der Waals surface area contributed by atoms with E-state index in [9.17, 15) is 9.59 Å². The third kappa shape index (κ3) is 6.29. The molecule has 10 heteroatoms. The van der Waals surface area contributed by atoms with Gasteiger partial charge in [-0.2, -0.15) is 0 Å². The van der Waals surface area contributed by atoms with Crippen molar-refractivity contribution in [2.75, 3.05) is 33.1 Å². The number of aromatic nitrogens is 2. The normalized spacial score (nSPS) is 11.0. The summed E-state index contributed by atoms with van der Waals surface area (Å²) >= 11 is 0. The van der Waals surface area contributed by atoms with Crippen LogP contribution in [0, 0.1) is 6.92 Å². The van der Waals surface area contributed by atoms with Gasteiger partial charge in [0.05, 0.1) is 0 Å². The number of hydrogen-bond acceptors (Lipinski definition) is 7. The Balaban J connectivity index is 1.52. The standard InChI is InChI=1S/C31H30N4O6/c1-19-14-27(36)34-30(33-19)35-31(37)32-16-20-8-11-24-22(15-20)10-13-26(41-18-39-3)29(24)28-23-7-5-4-6-21(23)9-12-25(28)40-17-38-2/h4-15H,16-18H2,1-3H3,(H3,32,33,34,35,36,37). The molecule has 0 aliphatic heterocycles. The largest absolute Gasteiger partial charge is 0.467 e. The van der Waals surface area contributed by atoms with Crippen LogP contribution in [0.2, 0.25) is 0 Å². The number of methoxy groups -OCH3 is 2. The number of benzene rings is 4. The van der Waals surface area contributed by atoms with Crippen LogP contribution in [0.4, 0.5) is 10.7 Å². The van der Waals surface area contributed by atoms with Crippen LogP contribution >= 0.6 is 0 Å². The number of ether oxygens (including phenoxy) is 4. The van der Waals surface area contributed by atoms with Crippen LogP contribution < -0.4 is 25.7 Å². The molecule has 0 atom stereocenters. The molecule has 0 saturated carbocycles. The lowest BCUT2D eigenvalue weighted by molar-refractivity contribution is 0.0502. The summed E-state index contributed by atoms with van der Waals surface area (Å²) < 4.78 is 22.5. The van der Waals surface area contributed by atoms with Crippen LogP contribution in [0.25, 0.3) is 32.7 Å². The summed E-state index contributed by atoms with van der Waals surface area (Å²) in [4.78, 5) is 30.7. The molecule has 0 aliphatic rings. The molecule has 2 amide bonds. The first-order valence-electron chi connectivity index (χ1n) is 12.9. The lowest BCUT2D eigenvalue weighted by atomic mass is 9.91. The van der Waals surface area contributed by atoms with Crippen molar-refractivity contribution in [3.05, 3.63) is 94.4 Å². The van der Waals surface area contributed by atoms with Gasteiger partial charge in [0.15, 0.2) is 13.6 Å². The van der Waals surface area contributed by atoms with Gasteiger partial charge in [0, 0.05) is 43.7 Å². The van der Waals surface area contributed by atoms with Gasteiger partial charge < -0.3 is 24.3 Å². The number of fused-ring (bicyclic) bond motifs is 2. The molecular formula is C31H30N4O6. The summed E-state index contributed by atoms with van der Waals surface area (Å²) in [6, 6.07) is 22.7. The maximum absolute atomic E-state index is 12.5. The van der Waals surface area contributed by atoms with E-state index in [2.05, 4.69) is 32.7 Å². The molecule has 0 fully saturated rings. The van der Waals surface area contributed by atoms with Crippen molar-refractivity contribution in [1.82, 2.24) is 15.3 Å². The number of H-pyrrole nitrogens is 1. The van der Waals surface area contributed by atoms with Gasteiger partial charge in [-0.25, -0.2) is 9.78 Å². The topological polar surface area (TPSA) is 124 Å². The fraction of sp³-hybridized carbons (Fsp3) is 0.194. The first-order chi connectivity index (χ1) is 20.0. The van der Waals surface area contributed by atoms with Crippen LogP contribution in [-0.2, 0) is 16.0 Å². The van der Waals surface area contributed by atoms with Crippen LogP contribution in [0.3, 0.4) is 0 Å². The Morgan fingerprint density at radius 1 is 0.829 bits per heavy atom. The van der Waals surface area contributed by atoms with Crippen molar-refractivity contribution in [2.45, 2.75) is 13.5 Å². The molecule has 10 nitrogen and oxygen atoms in total. The Labute approximate surface area is 236 Å². The van der Waals surface area contributed by atoms with Crippen molar-refractivity contribution in [2.24, 2.45) is 0 Å². The van der Waals surface area contributed by atoms with Gasteiger partial charge in [-0.3, -0.25) is 15.1 Å². The summed E-state index contributed by atoms with van der Waals surface area (Å²) in [6.07, 6.45) is 0. The summed E-state index contributed by atoms with van der Waals surface area (Å²) in [5, 5.41) is 9.30. The fourth-order valence-corrected chi connectivity index (χ4v) is 4.69. The molecule has 1 aromatic heterocycles. The van der Waals surface area contributed by atoms with Gasteiger partial charge in [-0.15, -0.1) is 0 Å². The number of nitrogens with zero attached hydrogens (tertiary/aromatic N) is 1. The summed E-state index contributed by atoms with van der Waals surface area (Å²) in [6.45, 7) is 2.10. The average Bonchev–Trinajstić information content (AvgIpc) is 2.96. The van der Waals surface area contributed by atoms with Crippen LogP contribution in [-0.4, -0.2) is 43.8 Å². The molecule has 3 N–H and O–H groups in total. The van der Waals surface area contributed by atoms with Crippen molar-refractivity contribution in [3.8, 4) is 22.6 Å². The van der Waals surface area contributed by atoms with E-state index in [0.717, 1.165) is 38.2 Å². The number of amides is 2. The molecule has 4 aromatic carbocycles. The number of aryl methyl sites for hydroxylation is 1. The molecular weight excluding hydrogens is 524 g/mol. The van der Waals surface area contributed by atoms with E-state index >= 15 is 0 Å². The molecule has 0 saturated heterocycles. The monoisotopic (exact) mass is 554 g/mol. The smallest absolute Gasteiger partial charge is 0.321 e. The maximum atomic E-state index is 12.5. The number of hydrogen-bond donors (Lipinski definition) is 3. The Morgan fingerprint density at radius 2 is 1.49 bits per heavy atom. The lowest BCUT2D eigenvalue weighted by Gasteiger charge is -2.19. The van der Waals surface area contributed by atoms with E-state index in [1.165, 1.54) is 6.07 Å². The van der Waals surface area contributed by atoms with E-state index in [1.807, 2.05) is 54.6 Å². The van der Waals surface area contributed by atoms with E-state index in [-0.39, 0.29) is 31.6 Å². The van der Waals surface area contributed by atoms with Gasteiger partial charge >= 0.3 is 6.03 Å². The second-order valence-electron chi connectivity index (χ2n) is 9.30. The highest BCUT2D eigenvalue weighted by atomic mass is 16.7. The molecule has 0 aliphatic carbocycles. The quantitative estimate of drug-likeness (QED) is 0.199. The van der Waals surface area contributed by atoms with Gasteiger partial charge in [-0.1, -0.05) is 48.5 Å². The summed E-state index contributed by atoms with van der Waals surface area (Å²) in [5.41, 5.74) is 2.78. The molecule has 1 heterocycles. The van der Waals surface area contributed by atoms with Gasteiger partial charge in [0.1, 0.15) is 11.5 Å². The van der Waals surface area contributed by atoms with Gasteiger partial charge in [0.25, 0.3) is 5.56 Å². The maximum Gasteiger partial charge on any atom is 0.321 e. The zero-order valence-electron chi connectivity index (χ0n) is 22.9. The number of rotatable bonds is 10. The second-order valence-corrected chi connectivity index (χ2v) is 9.30. The number of carbonyl (C=O) groups excluding carboxylic acids is 1. The highest BCUT2D eigenvalue weighted by Crippen LogP contribution is 2.45. The van der Waals surface area contributed by atoms with Crippen LogP contribution in [0.5, 0.6) is 11.5 Å². The molecule has 0 unspecified atom stereocenters. The molecule has 0 radical (unpaired) electrons. The Morgan fingerprint density at radius 3 is 2.17 bits per heavy atom. The summed E-state index contributed by atoms with van der Waals surface area (Å²) in [5.74, 6) is 1.38. The zero-order valence-corrected chi connectivity index (χ0v) is 22.9. The minimum Gasteiger partial charge on any atom is -0.467 e. The summed E-state index contributed by atoms with van der Waals surface area (Å²) in [7, 11) is 3.16. The fourth-order valence-electron chi connectivity index (χ4n) is 4.69. The minimum atomic E-state index is -0.487. The SMILES string of the molecule is COCOc1ccc2ccccc2c1-c1c(OCOC)ccc2cc(CNC(=O)Nc3nc(C)cc(=O)[nH]3)ccc12. The second kappa shape index (κ2) is 12.5. The van der Waals surface area contributed by atoms with E-state index in [1.54, 1.807) is 21.1 Å². The van der Waals surface area contributed by atoms with E-state index in [4.69, 9.17) is 18.9 Å². The predicted octanol–water partition coefficient (Wildman–Crippen LogP) is 5.34. The first kappa shape index (κ1) is 27.6. The highest BCUT2D eigenvalue weighted by molar-refractivity contribution is 6.09. The van der Waals surface area contributed by atoms with Gasteiger partial charge in [-0.05, 0) is 52.2 Å². The highest BCUT2D eigenvalue weighted by Gasteiger charge is 2.19. The predicted molar refractivity (Wildman–Crippen MR) is 157 cm³/mol. The minimum absolute atomic E-state index is 0.0791. The Bertz CT molecular complexity index is 1770. The number of urea groups is 1. The Kier molecular flexibility index (Phi) is 8.42. The van der Waals surface area contributed by atoms with Crippen LogP contribution in [0.15, 0.2) is 77.6 Å². The van der Waals surface area contributed by atoms with Gasteiger partial charge in [0.2, 0.25) is 5.95 Å². The molecule has 41 heavy (non-hydrogen) atoms. The number of anilines is 1. The molecule has 5 aromatic rings. The van der Waals surface area contributed by atoms with Crippen molar-refractivity contribution >= 4 is 33.5 Å². The van der Waals surface area contributed by atoms with E-state index in [0.29, 0.717) is 17.2 Å². The Hall–Kier alpha value is -4.93. The molecule has 210 valence electrons. The third-order valence-corrected chi connectivity index (χ3v) is 6.41. The van der Waals surface area contributed by atoms with E-state index < -0.39 is 6.03 Å².